The summed E-state index contributed by atoms with van der Waals surface area (Å²) < 4.78 is 36.5. The topological polar surface area (TPSA) is 12.0 Å². The quantitative estimate of drug-likeness (QED) is 0.753. The van der Waals surface area contributed by atoms with Gasteiger partial charge in [-0.2, -0.15) is 13.2 Å². The molecule has 1 aliphatic rings. The van der Waals surface area contributed by atoms with Crippen molar-refractivity contribution in [2.75, 3.05) is 6.54 Å². The summed E-state index contributed by atoms with van der Waals surface area (Å²) in [6, 6.07) is 0.313. The van der Waals surface area contributed by atoms with Crippen LogP contribution in [0.3, 0.4) is 0 Å². The molecule has 0 aliphatic heterocycles. The molecule has 0 bridgehead atoms. The van der Waals surface area contributed by atoms with Crippen LogP contribution in [0.25, 0.3) is 0 Å². The Kier molecular flexibility index (Phi) is 4.23. The second-order valence-electron chi connectivity index (χ2n) is 4.19. The van der Waals surface area contributed by atoms with Gasteiger partial charge >= 0.3 is 6.18 Å². The van der Waals surface area contributed by atoms with Crippen LogP contribution in [0.1, 0.15) is 39.0 Å². The van der Waals surface area contributed by atoms with Crippen molar-refractivity contribution in [2.24, 2.45) is 5.92 Å². The zero-order chi connectivity index (χ0) is 10.6. The van der Waals surface area contributed by atoms with Crippen molar-refractivity contribution in [3.8, 4) is 0 Å². The fraction of sp³-hybridized carbons (Fsp3) is 1.00. The van der Waals surface area contributed by atoms with Gasteiger partial charge in [0.25, 0.3) is 0 Å². The number of hydrogen-bond acceptors (Lipinski definition) is 1. The van der Waals surface area contributed by atoms with Crippen molar-refractivity contribution < 1.29 is 13.2 Å². The van der Waals surface area contributed by atoms with Crippen LogP contribution in [0, 0.1) is 5.92 Å². The smallest absolute Gasteiger partial charge is 0.313 e. The standard InChI is InChI=1S/C10H18F3N/c1-8(10(11,12)13)7-14-9-5-3-2-4-6-9/h8-9,14H,2-7H2,1H3. The van der Waals surface area contributed by atoms with Crippen molar-refractivity contribution in [3.63, 3.8) is 0 Å². The van der Waals surface area contributed by atoms with E-state index in [2.05, 4.69) is 5.32 Å². The summed E-state index contributed by atoms with van der Waals surface area (Å²) in [5.41, 5.74) is 0. The second-order valence-corrected chi connectivity index (χ2v) is 4.19. The first-order valence-corrected chi connectivity index (χ1v) is 5.30. The Balaban J connectivity index is 2.19. The third-order valence-electron chi connectivity index (χ3n) is 2.88. The molecule has 1 atom stereocenters. The van der Waals surface area contributed by atoms with Crippen molar-refractivity contribution in [1.29, 1.82) is 0 Å². The molecule has 4 heteroatoms. The fourth-order valence-corrected chi connectivity index (χ4v) is 1.77. The minimum Gasteiger partial charge on any atom is -0.313 e. The molecule has 0 heterocycles. The summed E-state index contributed by atoms with van der Waals surface area (Å²) in [7, 11) is 0. The van der Waals surface area contributed by atoms with Gasteiger partial charge in [-0.1, -0.05) is 26.2 Å². The lowest BCUT2D eigenvalue weighted by molar-refractivity contribution is -0.168. The van der Waals surface area contributed by atoms with Crippen molar-refractivity contribution in [1.82, 2.24) is 5.32 Å². The first-order chi connectivity index (χ1) is 6.50. The third kappa shape index (κ3) is 3.86. The van der Waals surface area contributed by atoms with E-state index in [0.717, 1.165) is 25.7 Å². The number of halogens is 3. The number of hydrogen-bond donors (Lipinski definition) is 1. The second kappa shape index (κ2) is 5.01. The van der Waals surface area contributed by atoms with Crippen molar-refractivity contribution >= 4 is 0 Å². The van der Waals surface area contributed by atoms with E-state index in [-0.39, 0.29) is 6.54 Å². The molecule has 1 fully saturated rings. The van der Waals surface area contributed by atoms with Gasteiger partial charge in [0.05, 0.1) is 5.92 Å². The number of rotatable bonds is 3. The minimum absolute atomic E-state index is 0.0637. The molecule has 0 aromatic carbocycles. The van der Waals surface area contributed by atoms with Gasteiger partial charge in [-0.3, -0.25) is 0 Å². The zero-order valence-electron chi connectivity index (χ0n) is 8.53. The highest BCUT2D eigenvalue weighted by Gasteiger charge is 2.35. The summed E-state index contributed by atoms with van der Waals surface area (Å²) in [6.45, 7) is 1.30. The molecule has 1 N–H and O–H groups in total. The molecule has 1 nitrogen and oxygen atoms in total. The maximum atomic E-state index is 12.2. The largest absolute Gasteiger partial charge is 0.392 e. The summed E-state index contributed by atoms with van der Waals surface area (Å²) in [5, 5.41) is 3.01. The molecule has 1 saturated carbocycles. The molecular weight excluding hydrogens is 191 g/mol. The van der Waals surface area contributed by atoms with Crippen LogP contribution in [-0.4, -0.2) is 18.8 Å². The highest BCUT2D eigenvalue weighted by Crippen LogP contribution is 2.25. The van der Waals surface area contributed by atoms with Crippen LogP contribution in [-0.2, 0) is 0 Å². The minimum atomic E-state index is -4.05. The Hall–Kier alpha value is -0.250. The lowest BCUT2D eigenvalue weighted by Crippen LogP contribution is -2.38. The first-order valence-electron chi connectivity index (χ1n) is 5.30. The molecule has 14 heavy (non-hydrogen) atoms. The lowest BCUT2D eigenvalue weighted by Gasteiger charge is -2.25. The Morgan fingerprint density at radius 1 is 1.21 bits per heavy atom. The Bertz CT molecular complexity index is 161. The van der Waals surface area contributed by atoms with Gasteiger partial charge in [-0.05, 0) is 12.8 Å². The highest BCUT2D eigenvalue weighted by atomic mass is 19.4. The predicted octanol–water partition coefficient (Wildman–Crippen LogP) is 3.11. The number of alkyl halides is 3. The summed E-state index contributed by atoms with van der Waals surface area (Å²) in [6.07, 6.45) is 1.54. The van der Waals surface area contributed by atoms with Crippen LogP contribution in [0.5, 0.6) is 0 Å². The van der Waals surface area contributed by atoms with Gasteiger partial charge in [-0.15, -0.1) is 0 Å². The molecule has 0 aromatic rings. The Labute approximate surface area is 83.1 Å². The van der Waals surface area contributed by atoms with Gasteiger partial charge in [-0.25, -0.2) is 0 Å². The molecule has 0 aromatic heterocycles. The maximum Gasteiger partial charge on any atom is 0.392 e. The van der Waals surface area contributed by atoms with Gasteiger partial charge in [0, 0.05) is 12.6 Å². The Morgan fingerprint density at radius 2 is 1.79 bits per heavy atom. The Morgan fingerprint density at radius 3 is 2.29 bits per heavy atom. The summed E-state index contributed by atoms with van der Waals surface area (Å²) >= 11 is 0. The van der Waals surface area contributed by atoms with Crippen LogP contribution < -0.4 is 5.32 Å². The van der Waals surface area contributed by atoms with E-state index in [1.165, 1.54) is 13.3 Å². The van der Waals surface area contributed by atoms with Crippen LogP contribution in [0.2, 0.25) is 0 Å². The van der Waals surface area contributed by atoms with Gasteiger partial charge in [0.1, 0.15) is 0 Å². The molecule has 1 unspecified atom stereocenters. The van der Waals surface area contributed by atoms with E-state index in [9.17, 15) is 13.2 Å². The van der Waals surface area contributed by atoms with E-state index < -0.39 is 12.1 Å². The molecule has 1 aliphatic carbocycles. The summed E-state index contributed by atoms with van der Waals surface area (Å²) in [5.74, 6) is -1.23. The third-order valence-corrected chi connectivity index (χ3v) is 2.88. The molecular formula is C10H18F3N. The monoisotopic (exact) mass is 209 g/mol. The van der Waals surface area contributed by atoms with Crippen molar-refractivity contribution in [2.45, 2.75) is 51.2 Å². The van der Waals surface area contributed by atoms with E-state index in [1.54, 1.807) is 0 Å². The van der Waals surface area contributed by atoms with Crippen LogP contribution in [0.15, 0.2) is 0 Å². The zero-order valence-corrected chi connectivity index (χ0v) is 8.53. The lowest BCUT2D eigenvalue weighted by atomic mass is 9.95. The van der Waals surface area contributed by atoms with Crippen LogP contribution in [0.4, 0.5) is 13.2 Å². The molecule has 1 rings (SSSR count). The SMILES string of the molecule is CC(CNC1CCCCC1)C(F)(F)F. The van der Waals surface area contributed by atoms with Crippen molar-refractivity contribution in [3.05, 3.63) is 0 Å². The van der Waals surface area contributed by atoms with Gasteiger partial charge in [0.2, 0.25) is 0 Å². The molecule has 84 valence electrons. The number of nitrogens with one attached hydrogen (secondary N) is 1. The molecule has 0 saturated heterocycles. The van der Waals surface area contributed by atoms with E-state index in [4.69, 9.17) is 0 Å². The normalized spacial score (nSPS) is 22.3. The summed E-state index contributed by atoms with van der Waals surface area (Å²) in [4.78, 5) is 0. The molecule has 0 radical (unpaired) electrons. The van der Waals surface area contributed by atoms with E-state index in [1.807, 2.05) is 0 Å². The molecule has 0 spiro atoms. The van der Waals surface area contributed by atoms with E-state index in [0.29, 0.717) is 6.04 Å². The van der Waals surface area contributed by atoms with Gasteiger partial charge < -0.3 is 5.32 Å². The highest BCUT2D eigenvalue weighted by molar-refractivity contribution is 4.74. The average Bonchev–Trinajstić information content (AvgIpc) is 2.14. The van der Waals surface area contributed by atoms with Crippen LogP contribution >= 0.6 is 0 Å². The maximum absolute atomic E-state index is 12.2. The first kappa shape index (κ1) is 11.8. The fourth-order valence-electron chi connectivity index (χ4n) is 1.77. The predicted molar refractivity (Wildman–Crippen MR) is 50.1 cm³/mol. The average molecular weight is 209 g/mol. The van der Waals surface area contributed by atoms with Gasteiger partial charge in [0.15, 0.2) is 0 Å². The molecule has 0 amide bonds. The van der Waals surface area contributed by atoms with E-state index >= 15 is 0 Å².